The highest BCUT2D eigenvalue weighted by molar-refractivity contribution is 6.35. The van der Waals surface area contributed by atoms with Crippen molar-refractivity contribution in [1.82, 2.24) is 14.9 Å². The molecule has 3 fully saturated rings. The fraction of sp³-hybridized carbons (Fsp3) is 0.633. The highest BCUT2D eigenvalue weighted by Crippen LogP contribution is 2.39. The minimum absolute atomic E-state index is 0.0470. The molecule has 40 heavy (non-hydrogen) atoms. The monoisotopic (exact) mass is 589 g/mol. The molecule has 10 heteroatoms. The minimum Gasteiger partial charge on any atom is -0.388 e. The fourth-order valence-corrected chi connectivity index (χ4v) is 6.82. The number of hydrogen-bond acceptors (Lipinski definition) is 8. The summed E-state index contributed by atoms with van der Waals surface area (Å²) in [5.41, 5.74) is 1.65. The number of benzene rings is 1. The van der Waals surface area contributed by atoms with Gasteiger partial charge in [0.2, 0.25) is 5.95 Å². The van der Waals surface area contributed by atoms with Crippen LogP contribution in [-0.2, 0) is 9.59 Å². The first-order valence-electron chi connectivity index (χ1n) is 14.4. The lowest BCUT2D eigenvalue weighted by atomic mass is 9.76. The quantitative estimate of drug-likeness (QED) is 0.386. The van der Waals surface area contributed by atoms with E-state index < -0.39 is 6.10 Å². The number of carbonyl (C=O) groups excluding carboxylic acids is 2. The molecular formula is C30H41Cl2N5O3. The van der Waals surface area contributed by atoms with E-state index in [1.54, 1.807) is 12.3 Å². The van der Waals surface area contributed by atoms with Crippen molar-refractivity contribution in [2.75, 3.05) is 36.4 Å². The lowest BCUT2D eigenvalue weighted by Gasteiger charge is -2.50. The van der Waals surface area contributed by atoms with E-state index >= 15 is 0 Å². The SMILES string of the molecule is CC1CC(N2CCC[C@H](C3CN(c4ncc(C(O)C(C)C)c(N[C@H](C)c5ccc(Cl)cc5Cl)n4)C3)C2)C1.O=C=O. The number of piperidine rings is 1. The molecule has 3 atom stereocenters. The van der Waals surface area contributed by atoms with E-state index in [4.69, 9.17) is 37.8 Å². The maximum atomic E-state index is 10.9. The van der Waals surface area contributed by atoms with E-state index in [2.05, 4.69) is 27.0 Å². The summed E-state index contributed by atoms with van der Waals surface area (Å²) in [5, 5.41) is 15.6. The molecule has 2 aromatic rings. The normalized spacial score (nSPS) is 24.7. The zero-order valence-electron chi connectivity index (χ0n) is 23.8. The number of aliphatic hydroxyl groups excluding tert-OH is 1. The number of aliphatic hydroxyl groups is 1. The molecule has 0 radical (unpaired) electrons. The minimum atomic E-state index is -0.656. The summed E-state index contributed by atoms with van der Waals surface area (Å²) in [6.07, 6.45) is 6.80. The first kappa shape index (κ1) is 30.7. The molecule has 1 aliphatic carbocycles. The van der Waals surface area contributed by atoms with Crippen molar-refractivity contribution in [3.8, 4) is 0 Å². The second-order valence-electron chi connectivity index (χ2n) is 12.1. The van der Waals surface area contributed by atoms with E-state index in [-0.39, 0.29) is 18.1 Å². The van der Waals surface area contributed by atoms with Gasteiger partial charge < -0.3 is 20.2 Å². The Hall–Kier alpha value is -2.22. The number of aromatic nitrogens is 2. The summed E-state index contributed by atoms with van der Waals surface area (Å²) < 4.78 is 0. The van der Waals surface area contributed by atoms with E-state index in [9.17, 15) is 5.11 Å². The van der Waals surface area contributed by atoms with Crippen molar-refractivity contribution in [3.63, 3.8) is 0 Å². The molecule has 0 bridgehead atoms. The van der Waals surface area contributed by atoms with Gasteiger partial charge in [-0.1, -0.05) is 50.0 Å². The molecule has 2 saturated heterocycles. The van der Waals surface area contributed by atoms with Gasteiger partial charge in [-0.05, 0) is 80.5 Å². The van der Waals surface area contributed by atoms with Gasteiger partial charge in [-0.3, -0.25) is 0 Å². The smallest absolute Gasteiger partial charge is 0.373 e. The van der Waals surface area contributed by atoms with E-state index in [0.717, 1.165) is 42.5 Å². The van der Waals surface area contributed by atoms with E-state index in [0.29, 0.717) is 27.3 Å². The topological polar surface area (TPSA) is 98.7 Å². The van der Waals surface area contributed by atoms with Crippen molar-refractivity contribution in [1.29, 1.82) is 0 Å². The van der Waals surface area contributed by atoms with Crippen LogP contribution in [0.15, 0.2) is 24.4 Å². The van der Waals surface area contributed by atoms with Crippen molar-refractivity contribution in [2.45, 2.75) is 71.6 Å². The van der Waals surface area contributed by atoms with Gasteiger partial charge in [0.25, 0.3) is 0 Å². The van der Waals surface area contributed by atoms with Crippen LogP contribution >= 0.6 is 23.2 Å². The molecule has 1 saturated carbocycles. The Morgan fingerprint density at radius 2 is 1.77 bits per heavy atom. The average molecular weight is 591 g/mol. The first-order chi connectivity index (χ1) is 19.1. The number of nitrogens with zero attached hydrogens (tertiary/aromatic N) is 4. The number of likely N-dealkylation sites (tertiary alicyclic amines) is 1. The second-order valence-corrected chi connectivity index (χ2v) is 12.9. The third-order valence-corrected chi connectivity index (χ3v) is 9.31. The van der Waals surface area contributed by atoms with Gasteiger partial charge in [0.1, 0.15) is 5.82 Å². The second kappa shape index (κ2) is 13.6. The molecule has 3 heterocycles. The lowest BCUT2D eigenvalue weighted by Crippen LogP contribution is -2.56. The Labute approximate surface area is 247 Å². The molecule has 2 N–H and O–H groups in total. The third-order valence-electron chi connectivity index (χ3n) is 8.75. The molecule has 8 nitrogen and oxygen atoms in total. The molecule has 0 spiro atoms. The van der Waals surface area contributed by atoms with Crippen molar-refractivity contribution >= 4 is 41.1 Å². The van der Waals surface area contributed by atoms with Gasteiger partial charge >= 0.3 is 6.15 Å². The largest absolute Gasteiger partial charge is 0.388 e. The summed E-state index contributed by atoms with van der Waals surface area (Å²) in [7, 11) is 0. The zero-order valence-corrected chi connectivity index (χ0v) is 25.3. The maximum absolute atomic E-state index is 10.9. The van der Waals surface area contributed by atoms with Crippen LogP contribution in [0.2, 0.25) is 10.0 Å². The fourth-order valence-electron chi connectivity index (χ4n) is 6.25. The molecule has 218 valence electrons. The summed E-state index contributed by atoms with van der Waals surface area (Å²) in [6, 6.07) is 6.23. The van der Waals surface area contributed by atoms with Crippen LogP contribution in [0.3, 0.4) is 0 Å². The molecular weight excluding hydrogens is 549 g/mol. The molecule has 0 amide bonds. The zero-order chi connectivity index (χ0) is 29.0. The van der Waals surface area contributed by atoms with Crippen LogP contribution in [0.25, 0.3) is 0 Å². The summed E-state index contributed by atoms with van der Waals surface area (Å²) in [5.74, 6) is 3.82. The highest BCUT2D eigenvalue weighted by Gasteiger charge is 2.40. The van der Waals surface area contributed by atoms with Crippen LogP contribution < -0.4 is 10.2 Å². The molecule has 3 aliphatic rings. The van der Waals surface area contributed by atoms with Crippen LogP contribution in [0.5, 0.6) is 0 Å². The highest BCUT2D eigenvalue weighted by atomic mass is 35.5. The van der Waals surface area contributed by atoms with Gasteiger partial charge in [0.15, 0.2) is 0 Å². The van der Waals surface area contributed by atoms with Crippen LogP contribution in [0, 0.1) is 23.7 Å². The van der Waals surface area contributed by atoms with Crippen LogP contribution in [0.4, 0.5) is 11.8 Å². The summed E-state index contributed by atoms with van der Waals surface area (Å²) in [4.78, 5) is 30.9. The molecule has 2 aliphatic heterocycles. The predicted octanol–water partition coefficient (Wildman–Crippen LogP) is 6.01. The Morgan fingerprint density at radius 3 is 2.40 bits per heavy atom. The van der Waals surface area contributed by atoms with E-state index in [1.165, 1.54) is 38.8 Å². The summed E-state index contributed by atoms with van der Waals surface area (Å²) >= 11 is 12.6. The number of anilines is 2. The third kappa shape index (κ3) is 7.15. The van der Waals surface area contributed by atoms with Crippen molar-refractivity contribution in [2.24, 2.45) is 23.7 Å². The molecule has 1 aromatic heterocycles. The Balaban J connectivity index is 0.00000118. The number of rotatable bonds is 8. The van der Waals surface area contributed by atoms with Gasteiger partial charge in [-0.15, -0.1) is 0 Å². The van der Waals surface area contributed by atoms with Gasteiger partial charge in [-0.25, -0.2) is 4.98 Å². The molecule has 1 aromatic carbocycles. The van der Waals surface area contributed by atoms with Crippen LogP contribution in [0.1, 0.15) is 76.7 Å². The summed E-state index contributed by atoms with van der Waals surface area (Å²) in [6.45, 7) is 13.0. The predicted molar refractivity (Wildman–Crippen MR) is 158 cm³/mol. The van der Waals surface area contributed by atoms with Crippen molar-refractivity contribution in [3.05, 3.63) is 45.6 Å². The van der Waals surface area contributed by atoms with E-state index in [1.807, 2.05) is 32.9 Å². The average Bonchev–Trinajstić information content (AvgIpc) is 2.86. The molecule has 1 unspecified atom stereocenters. The maximum Gasteiger partial charge on any atom is 0.373 e. The lowest BCUT2D eigenvalue weighted by molar-refractivity contribution is -0.191. The Kier molecular flexibility index (Phi) is 10.5. The molecule has 5 rings (SSSR count). The van der Waals surface area contributed by atoms with Gasteiger partial charge in [-0.2, -0.15) is 14.6 Å². The van der Waals surface area contributed by atoms with Crippen LogP contribution in [-0.4, -0.2) is 58.3 Å². The number of hydrogen-bond donors (Lipinski definition) is 2. The van der Waals surface area contributed by atoms with Gasteiger partial charge in [0.05, 0.1) is 12.1 Å². The van der Waals surface area contributed by atoms with Gasteiger partial charge in [0, 0.05) is 47.5 Å². The van der Waals surface area contributed by atoms with Crippen molar-refractivity contribution < 1.29 is 14.7 Å². The standard InChI is InChI=1S/C29H41Cl2N5O.CO2/c1-17(2)27(37)25-13-32-29(34-28(25)33-19(4)24-8-7-22(30)12-26(24)31)36-15-21(16-36)20-6-5-9-35(14-20)23-10-18(3)11-23;2-1-3/h7-8,12-13,17-21,23,27,37H,5-6,9-11,14-16H2,1-4H3,(H,32,33,34);/t18?,19-,20+,23?,27?;/m1./s1. The number of nitrogens with one attached hydrogen (secondary N) is 1. The first-order valence-corrected chi connectivity index (χ1v) is 15.1. The Bertz CT molecular complexity index is 1180. The Morgan fingerprint density at radius 1 is 1.07 bits per heavy atom. The number of halogens is 2.